The van der Waals surface area contributed by atoms with Crippen LogP contribution < -0.4 is 16.0 Å². The van der Waals surface area contributed by atoms with Crippen molar-refractivity contribution < 1.29 is 14.6 Å². The average Bonchev–Trinajstić information content (AvgIpc) is 2.44. The van der Waals surface area contributed by atoms with Gasteiger partial charge in [0.1, 0.15) is 5.75 Å². The lowest BCUT2D eigenvalue weighted by Crippen LogP contribution is -2.39. The lowest BCUT2D eigenvalue weighted by Gasteiger charge is -2.10. The number of methoxy groups -OCH3 is 1. The van der Waals surface area contributed by atoms with E-state index in [2.05, 4.69) is 0 Å². The predicted octanol–water partition coefficient (Wildman–Crippen LogP) is 0.183. The second-order valence-electron chi connectivity index (χ2n) is 4.33. The molecule has 1 aromatic carbocycles. The van der Waals surface area contributed by atoms with Crippen LogP contribution in [0.3, 0.4) is 0 Å². The molecule has 0 bridgehead atoms. The lowest BCUT2D eigenvalue weighted by atomic mass is 10.2. The molecule has 7 heteroatoms. The lowest BCUT2D eigenvalue weighted by molar-refractivity contribution is -0.137. The maximum absolute atomic E-state index is 12.2. The summed E-state index contributed by atoms with van der Waals surface area (Å²) in [7, 11) is 3.02. The van der Waals surface area contributed by atoms with E-state index in [-0.39, 0.29) is 13.0 Å². The van der Waals surface area contributed by atoms with Crippen LogP contribution in [0.2, 0.25) is 0 Å². The number of nitrogens with zero attached hydrogens (tertiary/aromatic N) is 2. The number of aryl methyl sites for hydroxylation is 1. The molecule has 20 heavy (non-hydrogen) atoms. The van der Waals surface area contributed by atoms with Crippen molar-refractivity contribution in [1.82, 2.24) is 9.13 Å². The Morgan fingerprint density at radius 1 is 1.35 bits per heavy atom. The topological polar surface area (TPSA) is 90.5 Å². The van der Waals surface area contributed by atoms with Gasteiger partial charge in [-0.15, -0.1) is 0 Å². The molecule has 0 saturated carbocycles. The number of hydrogen-bond acceptors (Lipinski definition) is 4. The van der Waals surface area contributed by atoms with E-state index in [1.165, 1.54) is 18.7 Å². The minimum Gasteiger partial charge on any atom is -0.497 e. The first-order chi connectivity index (χ1) is 9.45. The summed E-state index contributed by atoms with van der Waals surface area (Å²) in [4.78, 5) is 34.9. The SMILES string of the molecule is COc1ccc2c(=O)n(CCC(=O)O)c(=O)n(C)c2c1. The molecule has 0 aliphatic carbocycles. The third-order valence-electron chi connectivity index (χ3n) is 3.11. The molecule has 0 radical (unpaired) electrons. The van der Waals surface area contributed by atoms with Gasteiger partial charge in [-0.3, -0.25) is 18.7 Å². The summed E-state index contributed by atoms with van der Waals surface area (Å²) in [5.41, 5.74) is -0.588. The first-order valence-electron chi connectivity index (χ1n) is 5.95. The van der Waals surface area contributed by atoms with Crippen molar-refractivity contribution in [2.45, 2.75) is 13.0 Å². The second kappa shape index (κ2) is 5.20. The summed E-state index contributed by atoms with van der Waals surface area (Å²) in [6.07, 6.45) is -0.281. The van der Waals surface area contributed by atoms with Gasteiger partial charge in [0.2, 0.25) is 0 Å². The third-order valence-corrected chi connectivity index (χ3v) is 3.11. The van der Waals surface area contributed by atoms with Gasteiger partial charge < -0.3 is 9.84 Å². The Labute approximate surface area is 113 Å². The number of benzene rings is 1. The normalized spacial score (nSPS) is 10.7. The number of hydrogen-bond donors (Lipinski definition) is 1. The van der Waals surface area contributed by atoms with Crippen molar-refractivity contribution in [2.75, 3.05) is 7.11 Å². The van der Waals surface area contributed by atoms with E-state index in [0.29, 0.717) is 16.7 Å². The summed E-state index contributed by atoms with van der Waals surface area (Å²) >= 11 is 0. The molecule has 0 fully saturated rings. The fourth-order valence-electron chi connectivity index (χ4n) is 2.02. The molecule has 0 aliphatic heterocycles. The van der Waals surface area contributed by atoms with Crippen LogP contribution in [0.5, 0.6) is 5.75 Å². The Balaban J connectivity index is 2.71. The van der Waals surface area contributed by atoms with Crippen LogP contribution in [-0.2, 0) is 18.4 Å². The van der Waals surface area contributed by atoms with Crippen molar-refractivity contribution >= 4 is 16.9 Å². The van der Waals surface area contributed by atoms with Gasteiger partial charge in [-0.2, -0.15) is 0 Å². The van der Waals surface area contributed by atoms with E-state index in [0.717, 1.165) is 4.57 Å². The Morgan fingerprint density at radius 2 is 2.05 bits per heavy atom. The Morgan fingerprint density at radius 3 is 2.65 bits per heavy atom. The Bertz CT molecular complexity index is 788. The van der Waals surface area contributed by atoms with Gasteiger partial charge in [0.15, 0.2) is 0 Å². The third kappa shape index (κ3) is 2.29. The van der Waals surface area contributed by atoms with E-state index in [9.17, 15) is 14.4 Å². The fraction of sp³-hybridized carbons (Fsp3) is 0.308. The minimum absolute atomic E-state index is 0.150. The Hall–Kier alpha value is -2.57. The first-order valence-corrected chi connectivity index (χ1v) is 5.95. The van der Waals surface area contributed by atoms with Gasteiger partial charge >= 0.3 is 11.7 Å². The van der Waals surface area contributed by atoms with Gasteiger partial charge in [-0.25, -0.2) is 4.79 Å². The first kappa shape index (κ1) is 13.9. The molecule has 0 atom stereocenters. The molecular weight excluding hydrogens is 264 g/mol. The van der Waals surface area contributed by atoms with E-state index in [1.807, 2.05) is 0 Å². The second-order valence-corrected chi connectivity index (χ2v) is 4.33. The van der Waals surface area contributed by atoms with Crippen LogP contribution in [-0.4, -0.2) is 27.3 Å². The van der Waals surface area contributed by atoms with E-state index in [4.69, 9.17) is 9.84 Å². The number of carboxylic acid groups (broad SMARTS) is 1. The fourth-order valence-corrected chi connectivity index (χ4v) is 2.02. The van der Waals surface area contributed by atoms with Crippen LogP contribution in [0, 0.1) is 0 Å². The molecule has 0 aliphatic rings. The summed E-state index contributed by atoms with van der Waals surface area (Å²) < 4.78 is 7.30. The maximum atomic E-state index is 12.2. The highest BCUT2D eigenvalue weighted by atomic mass is 16.5. The maximum Gasteiger partial charge on any atom is 0.331 e. The van der Waals surface area contributed by atoms with Crippen molar-refractivity contribution in [1.29, 1.82) is 0 Å². The molecule has 0 saturated heterocycles. The predicted molar refractivity (Wildman–Crippen MR) is 72.3 cm³/mol. The van der Waals surface area contributed by atoms with Crippen molar-refractivity contribution in [2.24, 2.45) is 7.05 Å². The molecular formula is C13H14N2O5. The molecule has 1 N–H and O–H groups in total. The number of aliphatic carboxylic acids is 1. The van der Waals surface area contributed by atoms with E-state index < -0.39 is 17.2 Å². The largest absolute Gasteiger partial charge is 0.497 e. The summed E-state index contributed by atoms with van der Waals surface area (Å²) in [6, 6.07) is 4.78. The molecule has 0 spiro atoms. The van der Waals surface area contributed by atoms with Gasteiger partial charge in [-0.05, 0) is 12.1 Å². The number of ether oxygens (including phenoxy) is 1. The van der Waals surface area contributed by atoms with Crippen molar-refractivity contribution in [3.05, 3.63) is 39.0 Å². The highest BCUT2D eigenvalue weighted by molar-refractivity contribution is 5.79. The van der Waals surface area contributed by atoms with Crippen LogP contribution in [0.4, 0.5) is 0 Å². The highest BCUT2D eigenvalue weighted by Crippen LogP contribution is 2.16. The van der Waals surface area contributed by atoms with E-state index in [1.54, 1.807) is 18.2 Å². The monoisotopic (exact) mass is 278 g/mol. The number of aromatic nitrogens is 2. The van der Waals surface area contributed by atoms with Crippen LogP contribution in [0.1, 0.15) is 6.42 Å². The summed E-state index contributed by atoms with van der Waals surface area (Å²) in [6.45, 7) is -0.150. The average molecular weight is 278 g/mol. The zero-order valence-electron chi connectivity index (χ0n) is 11.1. The standard InChI is InChI=1S/C13H14N2O5/c1-14-10-7-8(20-2)3-4-9(10)12(18)15(13(14)19)6-5-11(16)17/h3-4,7H,5-6H2,1-2H3,(H,16,17). The van der Waals surface area contributed by atoms with Crippen LogP contribution in [0.25, 0.3) is 10.9 Å². The quantitative estimate of drug-likeness (QED) is 0.861. The molecule has 7 nitrogen and oxygen atoms in total. The van der Waals surface area contributed by atoms with Gasteiger partial charge in [0, 0.05) is 19.7 Å². The van der Waals surface area contributed by atoms with E-state index >= 15 is 0 Å². The van der Waals surface area contributed by atoms with Gasteiger partial charge in [0.05, 0.1) is 24.4 Å². The van der Waals surface area contributed by atoms with Crippen molar-refractivity contribution in [3.63, 3.8) is 0 Å². The molecule has 0 unspecified atom stereocenters. The minimum atomic E-state index is -1.06. The molecule has 0 amide bonds. The molecule has 1 heterocycles. The number of rotatable bonds is 4. The summed E-state index contributed by atoms with van der Waals surface area (Å²) in [5, 5.41) is 9.01. The molecule has 2 rings (SSSR count). The number of carboxylic acids is 1. The molecule has 2 aromatic rings. The highest BCUT2D eigenvalue weighted by Gasteiger charge is 2.12. The zero-order chi connectivity index (χ0) is 14.9. The van der Waals surface area contributed by atoms with Crippen molar-refractivity contribution in [3.8, 4) is 5.75 Å². The van der Waals surface area contributed by atoms with Crippen LogP contribution >= 0.6 is 0 Å². The summed E-state index contributed by atoms with van der Waals surface area (Å²) in [5.74, 6) is -0.524. The Kier molecular flexibility index (Phi) is 3.60. The number of fused-ring (bicyclic) bond motifs is 1. The molecule has 106 valence electrons. The van der Waals surface area contributed by atoms with Gasteiger partial charge in [0.25, 0.3) is 5.56 Å². The molecule has 1 aromatic heterocycles. The number of carbonyl (C=O) groups is 1. The smallest absolute Gasteiger partial charge is 0.331 e. The zero-order valence-corrected chi connectivity index (χ0v) is 11.1. The van der Waals surface area contributed by atoms with Gasteiger partial charge in [-0.1, -0.05) is 0 Å². The van der Waals surface area contributed by atoms with Crippen LogP contribution in [0.15, 0.2) is 27.8 Å².